The van der Waals surface area contributed by atoms with Crippen LogP contribution in [0.1, 0.15) is 49.9 Å². The molecule has 0 aliphatic heterocycles. The fourth-order valence-corrected chi connectivity index (χ4v) is 3.36. The number of rotatable bonds is 7. The Bertz CT molecular complexity index is 662. The lowest BCUT2D eigenvalue weighted by Gasteiger charge is -2.34. The van der Waals surface area contributed by atoms with Crippen LogP contribution in [0.25, 0.3) is 0 Å². The summed E-state index contributed by atoms with van der Waals surface area (Å²) >= 11 is 5.77. The van der Waals surface area contributed by atoms with E-state index in [9.17, 15) is 14.4 Å². The monoisotopic (exact) mass is 394 g/mol. The fourth-order valence-electron chi connectivity index (χ4n) is 3.23. The van der Waals surface area contributed by atoms with E-state index in [4.69, 9.17) is 16.3 Å². The van der Waals surface area contributed by atoms with E-state index in [-0.39, 0.29) is 37.4 Å². The summed E-state index contributed by atoms with van der Waals surface area (Å²) in [5, 5.41) is 6.13. The topological polar surface area (TPSA) is 84.5 Å². The minimum atomic E-state index is -0.522. The standard InChI is InChI=1S/C20H27ClN2O4/c1-13-4-3-5-17(14(13)2)23-18(24)12-27-19(25)10-11-22-20(26)15-6-8-16(21)9-7-15/h6-9,13-14,17H,3-5,10-12H2,1-2H3,(H,22,26)(H,23,24)/t13-,14-,17-/m1/s1. The van der Waals surface area contributed by atoms with Gasteiger partial charge in [0.25, 0.3) is 11.8 Å². The molecule has 0 bridgehead atoms. The zero-order chi connectivity index (χ0) is 19.8. The molecule has 2 N–H and O–H groups in total. The minimum absolute atomic E-state index is 0.00345. The number of amides is 2. The van der Waals surface area contributed by atoms with Crippen LogP contribution in [0.2, 0.25) is 5.02 Å². The first-order valence-electron chi connectivity index (χ1n) is 9.35. The second-order valence-electron chi connectivity index (χ2n) is 7.11. The number of carbonyl (C=O) groups excluding carboxylic acids is 3. The smallest absolute Gasteiger partial charge is 0.308 e. The van der Waals surface area contributed by atoms with E-state index in [1.807, 2.05) is 0 Å². The van der Waals surface area contributed by atoms with Gasteiger partial charge in [0, 0.05) is 23.2 Å². The summed E-state index contributed by atoms with van der Waals surface area (Å²) < 4.78 is 4.99. The molecule has 0 heterocycles. The summed E-state index contributed by atoms with van der Waals surface area (Å²) in [5.74, 6) is -0.0962. The average molecular weight is 395 g/mol. The number of hydrogen-bond donors (Lipinski definition) is 2. The zero-order valence-electron chi connectivity index (χ0n) is 15.8. The highest BCUT2D eigenvalue weighted by atomic mass is 35.5. The third-order valence-corrected chi connectivity index (χ3v) is 5.39. The first-order valence-corrected chi connectivity index (χ1v) is 9.73. The van der Waals surface area contributed by atoms with Gasteiger partial charge in [0.1, 0.15) is 0 Å². The molecule has 148 valence electrons. The molecule has 1 aromatic rings. The summed E-state index contributed by atoms with van der Waals surface area (Å²) in [4.78, 5) is 35.7. The first-order chi connectivity index (χ1) is 12.9. The van der Waals surface area contributed by atoms with E-state index in [2.05, 4.69) is 24.5 Å². The van der Waals surface area contributed by atoms with Crippen LogP contribution in [0.15, 0.2) is 24.3 Å². The molecule has 1 aliphatic rings. The Kier molecular flexibility index (Phi) is 8.10. The van der Waals surface area contributed by atoms with Gasteiger partial charge >= 0.3 is 5.97 Å². The fraction of sp³-hybridized carbons (Fsp3) is 0.550. The molecule has 1 fully saturated rings. The van der Waals surface area contributed by atoms with Crippen molar-refractivity contribution in [3.8, 4) is 0 Å². The Hall–Kier alpha value is -2.08. The molecular formula is C20H27ClN2O4. The quantitative estimate of drug-likeness (QED) is 0.696. The zero-order valence-corrected chi connectivity index (χ0v) is 16.6. The lowest BCUT2D eigenvalue weighted by Crippen LogP contribution is -2.45. The van der Waals surface area contributed by atoms with E-state index in [1.165, 1.54) is 6.42 Å². The Morgan fingerprint density at radius 1 is 1.15 bits per heavy atom. The average Bonchev–Trinajstić information content (AvgIpc) is 2.64. The molecule has 1 aliphatic carbocycles. The minimum Gasteiger partial charge on any atom is -0.456 e. The van der Waals surface area contributed by atoms with Crippen LogP contribution in [-0.2, 0) is 14.3 Å². The Morgan fingerprint density at radius 2 is 1.85 bits per heavy atom. The molecule has 1 aromatic carbocycles. The van der Waals surface area contributed by atoms with Crippen LogP contribution in [0.4, 0.5) is 0 Å². The highest BCUT2D eigenvalue weighted by Crippen LogP contribution is 2.29. The molecule has 3 atom stereocenters. The van der Waals surface area contributed by atoms with Gasteiger partial charge in [0.15, 0.2) is 6.61 Å². The number of halogens is 1. The maximum Gasteiger partial charge on any atom is 0.308 e. The number of benzene rings is 1. The van der Waals surface area contributed by atoms with Crippen molar-refractivity contribution < 1.29 is 19.1 Å². The molecule has 2 amide bonds. The summed E-state index contributed by atoms with van der Waals surface area (Å²) in [5.41, 5.74) is 0.461. The van der Waals surface area contributed by atoms with Gasteiger partial charge in [-0.1, -0.05) is 38.3 Å². The molecule has 0 saturated heterocycles. The van der Waals surface area contributed by atoms with Crippen molar-refractivity contribution in [1.29, 1.82) is 0 Å². The van der Waals surface area contributed by atoms with E-state index in [0.717, 1.165) is 12.8 Å². The van der Waals surface area contributed by atoms with Gasteiger partial charge in [-0.15, -0.1) is 0 Å². The second-order valence-corrected chi connectivity index (χ2v) is 7.55. The summed E-state index contributed by atoms with van der Waals surface area (Å²) in [6.07, 6.45) is 3.25. The summed E-state index contributed by atoms with van der Waals surface area (Å²) in [7, 11) is 0. The third kappa shape index (κ3) is 6.86. The molecule has 6 nitrogen and oxygen atoms in total. The van der Waals surface area contributed by atoms with Gasteiger partial charge < -0.3 is 15.4 Å². The molecule has 2 rings (SSSR count). The molecule has 27 heavy (non-hydrogen) atoms. The van der Waals surface area contributed by atoms with Crippen LogP contribution in [0, 0.1) is 11.8 Å². The van der Waals surface area contributed by atoms with E-state index >= 15 is 0 Å². The SMILES string of the molecule is C[C@@H]1[C@H](C)CCC[C@H]1NC(=O)COC(=O)CCNC(=O)c1ccc(Cl)cc1. The van der Waals surface area contributed by atoms with Gasteiger partial charge in [-0.05, 0) is 42.5 Å². The van der Waals surface area contributed by atoms with Gasteiger partial charge in [0.2, 0.25) is 0 Å². The largest absolute Gasteiger partial charge is 0.456 e. The number of carbonyl (C=O) groups is 3. The molecular weight excluding hydrogens is 368 g/mol. The molecule has 7 heteroatoms. The number of nitrogens with one attached hydrogen (secondary N) is 2. The van der Waals surface area contributed by atoms with Crippen molar-refractivity contribution in [2.75, 3.05) is 13.2 Å². The van der Waals surface area contributed by atoms with Crippen molar-refractivity contribution in [2.45, 2.75) is 45.6 Å². The van der Waals surface area contributed by atoms with Gasteiger partial charge in [-0.2, -0.15) is 0 Å². The van der Waals surface area contributed by atoms with Gasteiger partial charge in [-0.3, -0.25) is 14.4 Å². The highest BCUT2D eigenvalue weighted by molar-refractivity contribution is 6.30. The van der Waals surface area contributed by atoms with E-state index in [0.29, 0.717) is 22.4 Å². The molecule has 1 saturated carbocycles. The third-order valence-electron chi connectivity index (χ3n) is 5.14. The number of hydrogen-bond acceptors (Lipinski definition) is 4. The second kappa shape index (κ2) is 10.3. The van der Waals surface area contributed by atoms with Crippen LogP contribution < -0.4 is 10.6 Å². The maximum atomic E-state index is 12.0. The van der Waals surface area contributed by atoms with Gasteiger partial charge in [0.05, 0.1) is 6.42 Å². The van der Waals surface area contributed by atoms with Crippen LogP contribution in [-0.4, -0.2) is 37.0 Å². The van der Waals surface area contributed by atoms with Crippen LogP contribution in [0.3, 0.4) is 0 Å². The molecule has 0 spiro atoms. The Morgan fingerprint density at radius 3 is 2.56 bits per heavy atom. The summed E-state index contributed by atoms with van der Waals surface area (Å²) in [6.45, 7) is 4.19. The lowest BCUT2D eigenvalue weighted by molar-refractivity contribution is -0.148. The normalized spacial score (nSPS) is 22.0. The number of esters is 1. The van der Waals surface area contributed by atoms with Crippen molar-refractivity contribution in [1.82, 2.24) is 10.6 Å². The maximum absolute atomic E-state index is 12.0. The highest BCUT2D eigenvalue weighted by Gasteiger charge is 2.28. The first kappa shape index (κ1) is 21.2. The Balaban J connectivity index is 1.63. The summed E-state index contributed by atoms with van der Waals surface area (Å²) in [6, 6.07) is 6.59. The van der Waals surface area contributed by atoms with Crippen LogP contribution >= 0.6 is 11.6 Å². The predicted octanol–water partition coefficient (Wildman–Crippen LogP) is 2.94. The van der Waals surface area contributed by atoms with Crippen molar-refractivity contribution in [3.05, 3.63) is 34.9 Å². The number of ether oxygens (including phenoxy) is 1. The van der Waals surface area contributed by atoms with E-state index < -0.39 is 5.97 Å². The van der Waals surface area contributed by atoms with Crippen LogP contribution in [0.5, 0.6) is 0 Å². The van der Waals surface area contributed by atoms with Crippen molar-refractivity contribution in [3.63, 3.8) is 0 Å². The van der Waals surface area contributed by atoms with E-state index in [1.54, 1.807) is 24.3 Å². The predicted molar refractivity (Wildman–Crippen MR) is 103 cm³/mol. The lowest BCUT2D eigenvalue weighted by atomic mass is 9.78. The molecule has 0 unspecified atom stereocenters. The molecule has 0 aromatic heterocycles. The molecule has 0 radical (unpaired) electrons. The van der Waals surface area contributed by atoms with Gasteiger partial charge in [-0.25, -0.2) is 0 Å². The van der Waals surface area contributed by atoms with Crippen molar-refractivity contribution in [2.24, 2.45) is 11.8 Å². The van der Waals surface area contributed by atoms with Crippen molar-refractivity contribution >= 4 is 29.4 Å². The Labute approximate surface area is 165 Å².